The van der Waals surface area contributed by atoms with Crippen molar-refractivity contribution in [3.05, 3.63) is 59.4 Å². The number of pyridine rings is 1. The summed E-state index contributed by atoms with van der Waals surface area (Å²) < 4.78 is 2.03. The summed E-state index contributed by atoms with van der Waals surface area (Å²) in [5, 5.41) is 0. The fraction of sp³-hybridized carbons (Fsp3) is 0.263. The van der Waals surface area contributed by atoms with Crippen molar-refractivity contribution in [1.29, 1.82) is 0 Å². The topological polar surface area (TPSA) is 101 Å². The van der Waals surface area contributed by atoms with E-state index in [4.69, 9.17) is 4.98 Å². The molecule has 3 aromatic rings. The van der Waals surface area contributed by atoms with Crippen LogP contribution in [0.4, 0.5) is 0 Å². The fourth-order valence-electron chi connectivity index (χ4n) is 2.61. The molecule has 4 N–H and O–H groups in total. The molecule has 0 radical (unpaired) electrons. The van der Waals surface area contributed by atoms with Crippen molar-refractivity contribution < 1.29 is 15.7 Å². The monoisotopic (exact) mass is 343 g/mol. The number of carbonyl (C=O) groups is 1. The molecule has 1 aromatic carbocycles. The maximum Gasteiger partial charge on any atom is 0.228 e. The Morgan fingerprint density at radius 1 is 1.00 bits per heavy atom. The highest BCUT2D eigenvalue weighted by atomic mass is 16.2. The van der Waals surface area contributed by atoms with Crippen molar-refractivity contribution in [2.75, 3.05) is 14.1 Å². The van der Waals surface area contributed by atoms with E-state index in [0.29, 0.717) is 6.42 Å². The van der Waals surface area contributed by atoms with Crippen LogP contribution < -0.4 is 0 Å². The standard InChI is InChI=1S/C19H21N3O.2H2O/c1-13-5-8-15(9-6-13)19-16(11-18(23)21(3)4)22-12-14(2)7-10-17(22)20-19;;/h5-10,12H,11H2,1-4H3;2*1H2. The first-order valence-electron chi connectivity index (χ1n) is 7.70. The van der Waals surface area contributed by atoms with E-state index in [0.717, 1.165) is 28.2 Å². The van der Waals surface area contributed by atoms with Crippen LogP contribution in [-0.2, 0) is 11.2 Å². The summed E-state index contributed by atoms with van der Waals surface area (Å²) in [6.45, 7) is 4.11. The largest absolute Gasteiger partial charge is 0.412 e. The molecule has 25 heavy (non-hydrogen) atoms. The van der Waals surface area contributed by atoms with E-state index < -0.39 is 0 Å². The first kappa shape index (κ1) is 20.3. The van der Waals surface area contributed by atoms with Gasteiger partial charge in [0.1, 0.15) is 5.65 Å². The van der Waals surface area contributed by atoms with Crippen LogP contribution in [0.5, 0.6) is 0 Å². The molecule has 0 spiro atoms. The smallest absolute Gasteiger partial charge is 0.228 e. The number of aryl methyl sites for hydroxylation is 2. The van der Waals surface area contributed by atoms with Crippen LogP contribution in [0.3, 0.4) is 0 Å². The number of hydrogen-bond donors (Lipinski definition) is 0. The third kappa shape index (κ3) is 4.04. The number of aromatic nitrogens is 2. The Bertz CT molecular complexity index is 868. The summed E-state index contributed by atoms with van der Waals surface area (Å²) in [6.07, 6.45) is 2.37. The zero-order chi connectivity index (χ0) is 16.6. The predicted molar refractivity (Wildman–Crippen MR) is 99.7 cm³/mol. The van der Waals surface area contributed by atoms with E-state index in [2.05, 4.69) is 31.2 Å². The molecular formula is C19H25N3O3. The lowest BCUT2D eigenvalue weighted by atomic mass is 10.1. The summed E-state index contributed by atoms with van der Waals surface area (Å²) in [5.74, 6) is 0.0710. The van der Waals surface area contributed by atoms with E-state index in [-0.39, 0.29) is 16.9 Å². The predicted octanol–water partition coefficient (Wildman–Crippen LogP) is 1.60. The van der Waals surface area contributed by atoms with E-state index in [1.807, 2.05) is 29.7 Å². The molecule has 0 unspecified atom stereocenters. The molecule has 3 rings (SSSR count). The Balaban J connectivity index is 0.00000156. The number of carbonyl (C=O) groups excluding carboxylic acids is 1. The Morgan fingerprint density at radius 2 is 1.60 bits per heavy atom. The van der Waals surface area contributed by atoms with Gasteiger partial charge in [-0.25, -0.2) is 4.98 Å². The Kier molecular flexibility index (Phi) is 6.44. The van der Waals surface area contributed by atoms with Gasteiger partial charge in [0.25, 0.3) is 0 Å². The van der Waals surface area contributed by atoms with Crippen molar-refractivity contribution in [2.24, 2.45) is 0 Å². The second kappa shape index (κ2) is 7.92. The molecule has 6 nitrogen and oxygen atoms in total. The number of benzene rings is 1. The van der Waals surface area contributed by atoms with E-state index in [1.54, 1.807) is 19.0 Å². The minimum absolute atomic E-state index is 0. The fourth-order valence-corrected chi connectivity index (χ4v) is 2.61. The maximum absolute atomic E-state index is 12.3. The number of rotatable bonds is 3. The lowest BCUT2D eigenvalue weighted by Gasteiger charge is -2.11. The van der Waals surface area contributed by atoms with Gasteiger partial charge < -0.3 is 20.3 Å². The van der Waals surface area contributed by atoms with E-state index in [1.165, 1.54) is 5.56 Å². The molecule has 0 aliphatic rings. The van der Waals surface area contributed by atoms with Gasteiger partial charge in [-0.2, -0.15) is 0 Å². The van der Waals surface area contributed by atoms with Gasteiger partial charge in [-0.15, -0.1) is 0 Å². The van der Waals surface area contributed by atoms with Gasteiger partial charge in [-0.3, -0.25) is 4.79 Å². The minimum Gasteiger partial charge on any atom is -0.412 e. The van der Waals surface area contributed by atoms with E-state index in [9.17, 15) is 4.79 Å². The Morgan fingerprint density at radius 3 is 2.20 bits per heavy atom. The second-order valence-corrected chi connectivity index (χ2v) is 6.17. The molecule has 134 valence electrons. The van der Waals surface area contributed by atoms with Gasteiger partial charge in [0, 0.05) is 25.9 Å². The number of amides is 1. The molecule has 6 heteroatoms. The maximum atomic E-state index is 12.3. The Hall–Kier alpha value is -2.70. The lowest BCUT2D eigenvalue weighted by molar-refractivity contribution is -0.128. The highest BCUT2D eigenvalue weighted by Gasteiger charge is 2.18. The van der Waals surface area contributed by atoms with Gasteiger partial charge >= 0.3 is 0 Å². The summed E-state index contributed by atoms with van der Waals surface area (Å²) in [6, 6.07) is 12.3. The van der Waals surface area contributed by atoms with Crippen molar-refractivity contribution in [3.63, 3.8) is 0 Å². The van der Waals surface area contributed by atoms with Crippen molar-refractivity contribution in [2.45, 2.75) is 20.3 Å². The highest BCUT2D eigenvalue weighted by Crippen LogP contribution is 2.26. The number of likely N-dealkylation sites (N-methyl/N-ethyl adjacent to an activating group) is 1. The van der Waals surface area contributed by atoms with Crippen molar-refractivity contribution in [1.82, 2.24) is 14.3 Å². The molecule has 0 saturated carbocycles. The molecule has 1 amide bonds. The molecule has 0 fully saturated rings. The molecule has 2 aromatic heterocycles. The first-order valence-corrected chi connectivity index (χ1v) is 7.70. The summed E-state index contributed by atoms with van der Waals surface area (Å²) in [5.41, 5.74) is 6.08. The number of fused-ring (bicyclic) bond motifs is 1. The van der Waals surface area contributed by atoms with Gasteiger partial charge in [-0.1, -0.05) is 35.9 Å². The number of nitrogens with zero attached hydrogens (tertiary/aromatic N) is 3. The average Bonchev–Trinajstić information content (AvgIpc) is 2.86. The third-order valence-electron chi connectivity index (χ3n) is 4.01. The molecule has 0 saturated heterocycles. The van der Waals surface area contributed by atoms with Gasteiger partial charge in [-0.05, 0) is 25.5 Å². The van der Waals surface area contributed by atoms with Crippen molar-refractivity contribution >= 4 is 11.6 Å². The van der Waals surface area contributed by atoms with Crippen LogP contribution in [0.15, 0.2) is 42.6 Å². The Labute approximate surface area is 147 Å². The second-order valence-electron chi connectivity index (χ2n) is 6.17. The summed E-state index contributed by atoms with van der Waals surface area (Å²) in [4.78, 5) is 18.6. The average molecular weight is 343 g/mol. The zero-order valence-corrected chi connectivity index (χ0v) is 15.0. The molecule has 0 bridgehead atoms. The number of hydrogen-bond acceptors (Lipinski definition) is 2. The summed E-state index contributed by atoms with van der Waals surface area (Å²) in [7, 11) is 3.56. The molecule has 2 heterocycles. The minimum atomic E-state index is 0. The van der Waals surface area contributed by atoms with Crippen LogP contribution in [0, 0.1) is 13.8 Å². The van der Waals surface area contributed by atoms with Crippen LogP contribution in [0.1, 0.15) is 16.8 Å². The third-order valence-corrected chi connectivity index (χ3v) is 4.01. The van der Waals surface area contributed by atoms with E-state index >= 15 is 0 Å². The molecular weight excluding hydrogens is 318 g/mol. The summed E-state index contributed by atoms with van der Waals surface area (Å²) >= 11 is 0. The zero-order valence-electron chi connectivity index (χ0n) is 15.0. The van der Waals surface area contributed by atoms with Gasteiger partial charge in [0.15, 0.2) is 0 Å². The SMILES string of the molecule is Cc1ccc(-c2nc3ccc(C)cn3c2CC(=O)N(C)C)cc1.O.O. The van der Waals surface area contributed by atoms with Crippen molar-refractivity contribution in [3.8, 4) is 11.3 Å². The normalized spacial score (nSPS) is 10.1. The van der Waals surface area contributed by atoms with Crippen LogP contribution >= 0.6 is 0 Å². The van der Waals surface area contributed by atoms with Gasteiger partial charge in [0.2, 0.25) is 5.91 Å². The molecule has 0 atom stereocenters. The van der Waals surface area contributed by atoms with Crippen LogP contribution in [0.25, 0.3) is 16.9 Å². The molecule has 0 aliphatic carbocycles. The number of imidazole rings is 1. The van der Waals surface area contributed by atoms with Gasteiger partial charge in [0.05, 0.1) is 17.8 Å². The quantitative estimate of drug-likeness (QED) is 0.721. The lowest BCUT2D eigenvalue weighted by Crippen LogP contribution is -2.24. The highest BCUT2D eigenvalue weighted by molar-refractivity contribution is 5.81. The van der Waals surface area contributed by atoms with Crippen LogP contribution in [-0.4, -0.2) is 45.2 Å². The molecule has 0 aliphatic heterocycles. The van der Waals surface area contributed by atoms with Crippen LogP contribution in [0.2, 0.25) is 0 Å². The first-order chi connectivity index (χ1) is 11.0.